The molecular weight excluding hydrogens is 371 g/mol. The van der Waals surface area contributed by atoms with Gasteiger partial charge in [0.2, 0.25) is 0 Å². The van der Waals surface area contributed by atoms with Gasteiger partial charge < -0.3 is 4.74 Å². The van der Waals surface area contributed by atoms with Crippen molar-refractivity contribution in [1.82, 2.24) is 0 Å². The molecule has 0 aromatic heterocycles. The number of hydrogen-bond acceptors (Lipinski definition) is 1. The molecule has 0 heterocycles. The number of rotatable bonds is 8. The third kappa shape index (κ3) is 5.02. The maximum atomic E-state index is 14.1. The van der Waals surface area contributed by atoms with Gasteiger partial charge in [0.25, 0.3) is 0 Å². The van der Waals surface area contributed by atoms with E-state index < -0.39 is 0 Å². The molecule has 3 rings (SSSR count). The molecule has 0 radical (unpaired) electrons. The molecule has 0 bridgehead atoms. The molecule has 0 N–H and O–H groups in total. The van der Waals surface area contributed by atoms with E-state index in [1.165, 1.54) is 11.6 Å². The maximum Gasteiger partial charge on any atom is 0.165 e. The number of para-hydroxylation sites is 1. The van der Waals surface area contributed by atoms with Crippen LogP contribution in [0.3, 0.4) is 0 Å². The fourth-order valence-corrected chi connectivity index (χ4v) is 3.38. The zero-order chi connectivity index (χ0) is 20.0. The molecule has 1 nitrogen and oxygen atoms in total. The Morgan fingerprint density at radius 3 is 2.43 bits per heavy atom. The highest BCUT2D eigenvalue weighted by Gasteiger charge is 2.22. The van der Waals surface area contributed by atoms with Crippen LogP contribution in [0.1, 0.15) is 30.9 Å². The minimum absolute atomic E-state index is 0.131. The van der Waals surface area contributed by atoms with E-state index in [1.807, 2.05) is 66.7 Å². The van der Waals surface area contributed by atoms with Gasteiger partial charge in [0.15, 0.2) is 11.6 Å². The Hall–Kier alpha value is -2.58. The summed E-state index contributed by atoms with van der Waals surface area (Å²) in [7, 11) is 0. The summed E-state index contributed by atoms with van der Waals surface area (Å²) >= 11 is 6.01. The van der Waals surface area contributed by atoms with Gasteiger partial charge in [-0.05, 0) is 66.8 Å². The molecule has 3 heteroatoms. The first-order chi connectivity index (χ1) is 13.5. The van der Waals surface area contributed by atoms with Crippen molar-refractivity contribution < 1.29 is 9.13 Å². The lowest BCUT2D eigenvalue weighted by Crippen LogP contribution is -2.18. The summed E-state index contributed by atoms with van der Waals surface area (Å²) < 4.78 is 19.8. The lowest BCUT2D eigenvalue weighted by Gasteiger charge is -2.26. The minimum Gasteiger partial charge on any atom is -0.454 e. The minimum atomic E-state index is -0.357. The Kier molecular flexibility index (Phi) is 6.53. The van der Waals surface area contributed by atoms with E-state index >= 15 is 0 Å². The molecule has 0 aliphatic carbocycles. The Labute approximate surface area is 171 Å². The summed E-state index contributed by atoms with van der Waals surface area (Å²) in [6.45, 7) is 6.21. The van der Waals surface area contributed by atoms with Crippen molar-refractivity contribution in [3.05, 3.63) is 107 Å². The van der Waals surface area contributed by atoms with Crippen LogP contribution in [0.4, 0.5) is 4.39 Å². The molecule has 0 spiro atoms. The monoisotopic (exact) mass is 394 g/mol. The lowest BCUT2D eigenvalue weighted by atomic mass is 9.78. The van der Waals surface area contributed by atoms with Crippen LogP contribution in [0.5, 0.6) is 11.5 Å². The molecule has 0 amide bonds. The van der Waals surface area contributed by atoms with Crippen molar-refractivity contribution >= 4 is 11.6 Å². The van der Waals surface area contributed by atoms with E-state index in [1.54, 1.807) is 6.07 Å². The molecule has 28 heavy (non-hydrogen) atoms. The number of allylic oxidation sites excluding steroid dienone is 1. The van der Waals surface area contributed by atoms with Gasteiger partial charge in [-0.15, -0.1) is 6.58 Å². The van der Waals surface area contributed by atoms with Gasteiger partial charge in [0.05, 0.1) is 0 Å². The average Bonchev–Trinajstić information content (AvgIpc) is 2.71. The maximum absolute atomic E-state index is 14.1. The highest BCUT2D eigenvalue weighted by Crippen LogP contribution is 2.32. The molecule has 1 atom stereocenters. The van der Waals surface area contributed by atoms with Crippen molar-refractivity contribution in [3.8, 4) is 11.5 Å². The first kappa shape index (κ1) is 20.2. The average molecular weight is 395 g/mol. The second-order valence-electron chi connectivity index (χ2n) is 7.16. The number of aryl methyl sites for hydroxylation is 1. The van der Waals surface area contributed by atoms with Gasteiger partial charge in [-0.3, -0.25) is 0 Å². The number of halogens is 2. The van der Waals surface area contributed by atoms with Crippen molar-refractivity contribution in [2.24, 2.45) is 0 Å². The van der Waals surface area contributed by atoms with E-state index in [0.29, 0.717) is 5.75 Å². The zero-order valence-corrected chi connectivity index (χ0v) is 16.8. The highest BCUT2D eigenvalue weighted by molar-refractivity contribution is 6.30. The SMILES string of the molecule is C=CC(C)(CCCc1ccc(F)c(Oc2ccccc2)c1)c1ccc(Cl)cc1. The van der Waals surface area contributed by atoms with E-state index in [0.717, 1.165) is 29.8 Å². The molecule has 3 aromatic carbocycles. The van der Waals surface area contributed by atoms with Crippen molar-refractivity contribution in [1.29, 1.82) is 0 Å². The fourth-order valence-electron chi connectivity index (χ4n) is 3.25. The lowest BCUT2D eigenvalue weighted by molar-refractivity contribution is 0.441. The predicted octanol–water partition coefficient (Wildman–Crippen LogP) is 7.74. The summed E-state index contributed by atoms with van der Waals surface area (Å²) in [5.41, 5.74) is 2.11. The van der Waals surface area contributed by atoms with Crippen molar-refractivity contribution in [3.63, 3.8) is 0 Å². The second kappa shape index (κ2) is 9.07. The largest absolute Gasteiger partial charge is 0.454 e. The molecule has 0 fully saturated rings. The summed E-state index contributed by atoms with van der Waals surface area (Å²) in [6, 6.07) is 22.3. The summed E-state index contributed by atoms with van der Waals surface area (Å²) in [6.07, 6.45) is 4.71. The first-order valence-electron chi connectivity index (χ1n) is 9.41. The summed E-state index contributed by atoms with van der Waals surface area (Å²) in [5.74, 6) is 0.526. The number of hydrogen-bond donors (Lipinski definition) is 0. The normalized spacial score (nSPS) is 13.0. The van der Waals surface area contributed by atoms with Crippen LogP contribution in [0, 0.1) is 5.82 Å². The summed E-state index contributed by atoms with van der Waals surface area (Å²) in [4.78, 5) is 0. The van der Waals surface area contributed by atoms with Crippen LogP contribution in [0.2, 0.25) is 5.02 Å². The van der Waals surface area contributed by atoms with Gasteiger partial charge in [-0.2, -0.15) is 0 Å². The molecular formula is C25H24ClFO. The van der Waals surface area contributed by atoms with Crippen LogP contribution in [-0.4, -0.2) is 0 Å². The third-order valence-electron chi connectivity index (χ3n) is 5.08. The van der Waals surface area contributed by atoms with Crippen LogP contribution >= 0.6 is 11.6 Å². The number of ether oxygens (including phenoxy) is 1. The van der Waals surface area contributed by atoms with Crippen LogP contribution in [0.25, 0.3) is 0 Å². The fraction of sp³-hybridized carbons (Fsp3) is 0.200. The van der Waals surface area contributed by atoms with E-state index in [2.05, 4.69) is 13.5 Å². The molecule has 0 saturated carbocycles. The van der Waals surface area contributed by atoms with Gasteiger partial charge in [0, 0.05) is 10.4 Å². The Bertz CT molecular complexity index is 921. The second-order valence-corrected chi connectivity index (χ2v) is 7.60. The standard InChI is InChI=1S/C25H24ClFO/c1-3-25(2,20-12-14-21(26)15-13-20)17-7-8-19-11-16-23(27)24(18-19)28-22-9-5-4-6-10-22/h3-6,9-16,18H,1,7-8,17H2,2H3. The predicted molar refractivity (Wildman–Crippen MR) is 115 cm³/mol. The van der Waals surface area contributed by atoms with Crippen LogP contribution in [-0.2, 0) is 11.8 Å². The number of benzene rings is 3. The quantitative estimate of drug-likeness (QED) is 0.355. The molecule has 0 saturated heterocycles. The smallest absolute Gasteiger partial charge is 0.165 e. The van der Waals surface area contributed by atoms with Crippen molar-refractivity contribution in [2.45, 2.75) is 31.6 Å². The van der Waals surface area contributed by atoms with Crippen LogP contribution < -0.4 is 4.74 Å². The first-order valence-corrected chi connectivity index (χ1v) is 9.79. The van der Waals surface area contributed by atoms with Crippen LogP contribution in [0.15, 0.2) is 85.5 Å². The molecule has 144 valence electrons. The van der Waals surface area contributed by atoms with Gasteiger partial charge in [-0.25, -0.2) is 4.39 Å². The van der Waals surface area contributed by atoms with Crippen molar-refractivity contribution in [2.75, 3.05) is 0 Å². The van der Waals surface area contributed by atoms with E-state index in [4.69, 9.17) is 16.3 Å². The Balaban J connectivity index is 1.66. The third-order valence-corrected chi connectivity index (χ3v) is 5.33. The topological polar surface area (TPSA) is 9.23 Å². The molecule has 3 aromatic rings. The molecule has 0 aliphatic heterocycles. The zero-order valence-electron chi connectivity index (χ0n) is 16.0. The molecule has 1 unspecified atom stereocenters. The van der Waals surface area contributed by atoms with Gasteiger partial charge >= 0.3 is 0 Å². The van der Waals surface area contributed by atoms with E-state index in [9.17, 15) is 4.39 Å². The highest BCUT2D eigenvalue weighted by atomic mass is 35.5. The summed E-state index contributed by atoms with van der Waals surface area (Å²) in [5, 5.41) is 0.729. The van der Waals surface area contributed by atoms with Gasteiger partial charge in [0.1, 0.15) is 5.75 Å². The van der Waals surface area contributed by atoms with Gasteiger partial charge in [-0.1, -0.05) is 61.0 Å². The van der Waals surface area contributed by atoms with E-state index in [-0.39, 0.29) is 17.0 Å². The Morgan fingerprint density at radius 1 is 1.04 bits per heavy atom. The Morgan fingerprint density at radius 2 is 1.75 bits per heavy atom. The molecule has 0 aliphatic rings.